The summed E-state index contributed by atoms with van der Waals surface area (Å²) < 4.78 is 82.2. The Bertz CT molecular complexity index is 2890. The second-order valence-electron chi connectivity index (χ2n) is 21.1. The molecule has 3 aromatic carbocycles. The van der Waals surface area contributed by atoms with Gasteiger partial charge in [0.2, 0.25) is 5.79 Å². The van der Waals surface area contributed by atoms with E-state index in [4.69, 9.17) is 66.3 Å². The molecule has 0 radical (unpaired) electrons. The van der Waals surface area contributed by atoms with Crippen molar-refractivity contribution in [2.75, 3.05) is 53.9 Å². The Morgan fingerprint density at radius 3 is 1.44 bits per heavy atom. The molecule has 5 aliphatic heterocycles. The summed E-state index contributed by atoms with van der Waals surface area (Å²) in [6.45, 7) is -6.71. The molecule has 0 amide bonds. The average molecular weight is 1290 g/mol. The minimum Gasteiger partial charge on any atom is -0.504 e. The fourth-order valence-corrected chi connectivity index (χ4v) is 10.4. The number of hydrogen-bond donors (Lipinski definition) is 16. The van der Waals surface area contributed by atoms with E-state index in [2.05, 4.69) is 0 Å². The highest BCUT2D eigenvalue weighted by Crippen LogP contribution is 2.43. The molecule has 5 fully saturated rings. The third-order valence-corrected chi connectivity index (χ3v) is 15.3. The molecule has 16 N–H and O–H groups in total. The van der Waals surface area contributed by atoms with Crippen LogP contribution in [-0.2, 0) is 66.4 Å². The van der Waals surface area contributed by atoms with Crippen LogP contribution in [-0.4, -0.2) is 300 Å². The lowest BCUT2D eigenvalue weighted by molar-refractivity contribution is -0.423. The van der Waals surface area contributed by atoms with E-state index in [9.17, 15) is 96.1 Å². The molecular formula is C57H72O33. The molecule has 498 valence electrons. The van der Waals surface area contributed by atoms with Crippen LogP contribution < -0.4 is 9.47 Å². The lowest BCUT2D eigenvalue weighted by Crippen LogP contribution is -2.69. The molecule has 5 heterocycles. The third-order valence-electron chi connectivity index (χ3n) is 15.3. The number of carbonyl (C=O) groups is 3. The summed E-state index contributed by atoms with van der Waals surface area (Å²) in [6, 6.07) is 15.0. The van der Waals surface area contributed by atoms with Gasteiger partial charge in [-0.15, -0.1) is 0 Å². The first-order valence-electron chi connectivity index (χ1n) is 27.9. The van der Waals surface area contributed by atoms with Crippen molar-refractivity contribution in [1.29, 1.82) is 0 Å². The highest BCUT2D eigenvalue weighted by molar-refractivity contribution is 5.90. The van der Waals surface area contributed by atoms with E-state index >= 15 is 0 Å². The summed E-state index contributed by atoms with van der Waals surface area (Å²) in [5.41, 5.74) is 0.381. The average Bonchev–Trinajstić information content (AvgIpc) is 1.48. The lowest BCUT2D eigenvalue weighted by Gasteiger charge is -2.51. The highest BCUT2D eigenvalue weighted by Gasteiger charge is 2.64. The summed E-state index contributed by atoms with van der Waals surface area (Å²) in [4.78, 5) is 41.9. The van der Waals surface area contributed by atoms with E-state index in [1.165, 1.54) is 87.0 Å². The Hall–Kier alpha value is -6.17. The maximum absolute atomic E-state index is 14.1. The highest BCUT2D eigenvalue weighted by atomic mass is 16.8. The molecular weight excluding hydrogens is 1210 g/mol. The van der Waals surface area contributed by atoms with Crippen LogP contribution in [0.4, 0.5) is 0 Å². The second-order valence-corrected chi connectivity index (χ2v) is 21.1. The molecule has 8 rings (SSSR count). The zero-order valence-electron chi connectivity index (χ0n) is 47.8. The number of aliphatic hydroxyl groups excluding tert-OH is 14. The maximum atomic E-state index is 14.1. The van der Waals surface area contributed by atoms with Gasteiger partial charge in [0.25, 0.3) is 0 Å². The largest absolute Gasteiger partial charge is 0.504 e. The van der Waals surface area contributed by atoms with E-state index in [1.54, 1.807) is 6.07 Å². The van der Waals surface area contributed by atoms with Crippen molar-refractivity contribution >= 4 is 30.1 Å². The summed E-state index contributed by atoms with van der Waals surface area (Å²) >= 11 is 0. The van der Waals surface area contributed by atoms with E-state index in [0.29, 0.717) is 0 Å². The monoisotopic (exact) mass is 1280 g/mol. The first-order valence-corrected chi connectivity index (χ1v) is 27.9. The zero-order chi connectivity index (χ0) is 65.3. The Balaban J connectivity index is 1.24. The van der Waals surface area contributed by atoms with Crippen LogP contribution in [0.15, 0.2) is 78.9 Å². The number of carbonyl (C=O) groups excluding carboxylic acids is 3. The van der Waals surface area contributed by atoms with Crippen LogP contribution in [0.5, 0.6) is 23.0 Å². The number of rotatable bonds is 24. The van der Waals surface area contributed by atoms with Crippen LogP contribution in [0.2, 0.25) is 0 Å². The summed E-state index contributed by atoms with van der Waals surface area (Å²) in [5, 5.41) is 174. The normalized spacial score (nSPS) is 37.2. The number of esters is 3. The SMILES string of the molecule is COc1cc(C=CC(=O)OCC2(OC3OC(CO)C(OC(=O)C=Cc4ccc(O)c(OC)c4)C(OC4OC(CO)C(OC5OC(CO)C(O)C(O)C5O)C(O)C4O)C3OC3OC(CO)C(O)C(O)C3O)OC(CO)C(O)C2OC(=O)c2ccccc2)ccc1O. The van der Waals surface area contributed by atoms with Gasteiger partial charge in [0.1, 0.15) is 110 Å². The molecule has 0 spiro atoms. The van der Waals surface area contributed by atoms with E-state index < -0.39 is 204 Å². The molecule has 24 unspecified atom stereocenters. The second kappa shape index (κ2) is 31.0. The number of benzene rings is 3. The smallest absolute Gasteiger partial charge is 0.338 e. The molecule has 0 bridgehead atoms. The van der Waals surface area contributed by atoms with E-state index in [-0.39, 0.29) is 39.7 Å². The quantitative estimate of drug-likeness (QED) is 0.0225. The number of methoxy groups -OCH3 is 2. The molecule has 3 aromatic rings. The molecule has 24 atom stereocenters. The van der Waals surface area contributed by atoms with Crippen molar-refractivity contribution in [2.24, 2.45) is 0 Å². The molecule has 33 heteroatoms. The minimum atomic E-state index is -2.97. The zero-order valence-corrected chi connectivity index (χ0v) is 47.8. The summed E-state index contributed by atoms with van der Waals surface area (Å²) in [6.07, 6.45) is -44.5. The van der Waals surface area contributed by atoms with Crippen molar-refractivity contribution in [2.45, 2.75) is 147 Å². The van der Waals surface area contributed by atoms with Gasteiger partial charge in [-0.2, -0.15) is 0 Å². The Labute approximate surface area is 510 Å². The number of hydrogen-bond acceptors (Lipinski definition) is 33. The predicted molar refractivity (Wildman–Crippen MR) is 291 cm³/mol. The number of phenols is 2. The van der Waals surface area contributed by atoms with E-state index in [0.717, 1.165) is 12.2 Å². The third kappa shape index (κ3) is 15.5. The van der Waals surface area contributed by atoms with Gasteiger partial charge < -0.3 is 148 Å². The Morgan fingerprint density at radius 1 is 0.478 bits per heavy atom. The standard InChI is InChI=1S/C57H72O33/c1-77-29-16-24(8-12-27(29)63)10-14-36(65)79-23-57(51(40(69)33(20-60)89-57)88-52(76)26-6-4-3-5-7-26)90-56-50(87-54-45(74)42(71)39(68)32(19-59)81-54)49(48(35(22-62)83-56)84-37(66)15-11-25-9-13-28(64)30(17-25)78-2)86-55-46(75)43(72)47(34(21-61)82-55)85-53-44(73)41(70)38(67)31(18-58)80-53/h3-17,31-35,38-51,53-56,58-64,67-75H,18-23H2,1-2H3. The van der Waals surface area contributed by atoms with Crippen molar-refractivity contribution < 1.29 is 162 Å². The van der Waals surface area contributed by atoms with Gasteiger partial charge in [-0.3, -0.25) is 0 Å². The summed E-state index contributed by atoms with van der Waals surface area (Å²) in [5.74, 6) is -7.19. The molecule has 90 heavy (non-hydrogen) atoms. The van der Waals surface area contributed by atoms with Gasteiger partial charge in [-0.1, -0.05) is 30.3 Å². The van der Waals surface area contributed by atoms with E-state index in [1.807, 2.05) is 0 Å². The molecule has 5 saturated heterocycles. The Kier molecular flexibility index (Phi) is 24.0. The minimum absolute atomic E-state index is 0.0170. The van der Waals surface area contributed by atoms with Crippen LogP contribution in [0.1, 0.15) is 21.5 Å². The van der Waals surface area contributed by atoms with Crippen molar-refractivity contribution in [3.8, 4) is 23.0 Å². The van der Waals surface area contributed by atoms with Crippen LogP contribution in [0.3, 0.4) is 0 Å². The fraction of sp³-hybridized carbons (Fsp3) is 0.561. The number of aromatic hydroxyl groups is 2. The fourth-order valence-electron chi connectivity index (χ4n) is 10.4. The number of ether oxygens (including phenoxy) is 14. The number of phenolic OH excluding ortho intramolecular Hbond substituents is 2. The lowest BCUT2D eigenvalue weighted by atomic mass is 9.95. The van der Waals surface area contributed by atoms with Gasteiger partial charge in [-0.25, -0.2) is 14.4 Å². The maximum Gasteiger partial charge on any atom is 0.338 e. The van der Waals surface area contributed by atoms with Crippen molar-refractivity contribution in [1.82, 2.24) is 0 Å². The predicted octanol–water partition coefficient (Wildman–Crippen LogP) is -6.10. The van der Waals surface area contributed by atoms with Gasteiger partial charge in [0, 0.05) is 12.2 Å². The van der Waals surface area contributed by atoms with Crippen LogP contribution >= 0.6 is 0 Å². The summed E-state index contributed by atoms with van der Waals surface area (Å²) in [7, 11) is 2.53. The van der Waals surface area contributed by atoms with Gasteiger partial charge in [0.15, 0.2) is 60.4 Å². The topological polar surface area (TPSA) is 504 Å². The van der Waals surface area contributed by atoms with Crippen molar-refractivity contribution in [3.05, 3.63) is 95.6 Å². The molecule has 5 aliphatic rings. The number of aliphatic hydroxyl groups is 14. The van der Waals surface area contributed by atoms with Gasteiger partial charge >= 0.3 is 17.9 Å². The first kappa shape index (κ1) is 69.7. The Morgan fingerprint density at radius 2 is 0.933 bits per heavy atom. The van der Waals surface area contributed by atoms with Gasteiger partial charge in [-0.05, 0) is 59.7 Å². The molecule has 0 saturated carbocycles. The van der Waals surface area contributed by atoms with Crippen LogP contribution in [0.25, 0.3) is 12.2 Å². The van der Waals surface area contributed by atoms with Crippen LogP contribution in [0, 0.1) is 0 Å². The van der Waals surface area contributed by atoms with Gasteiger partial charge in [0.05, 0.1) is 52.8 Å². The molecule has 0 aromatic heterocycles. The molecule has 33 nitrogen and oxygen atoms in total. The van der Waals surface area contributed by atoms with Crippen molar-refractivity contribution in [3.63, 3.8) is 0 Å². The first-order chi connectivity index (χ1) is 43.0. The molecule has 0 aliphatic carbocycles.